The Morgan fingerprint density at radius 3 is 2.59 bits per heavy atom. The van der Waals surface area contributed by atoms with Crippen LogP contribution in [0.1, 0.15) is 11.1 Å². The number of rotatable bonds is 4. The van der Waals surface area contributed by atoms with Gasteiger partial charge in [-0.25, -0.2) is 4.98 Å². The molecule has 3 heteroatoms. The Labute approximate surface area is 106 Å². The topological polar surface area (TPSA) is 24.9 Å². The largest absolute Gasteiger partial charge is 0.366 e. The Morgan fingerprint density at radius 1 is 1.12 bits per heavy atom. The third kappa shape index (κ3) is 3.61. The first-order valence-corrected chi connectivity index (χ1v) is 5.83. The summed E-state index contributed by atoms with van der Waals surface area (Å²) in [6.45, 7) is 0.766. The number of hydrogen-bond donors (Lipinski definition) is 1. The van der Waals surface area contributed by atoms with Crippen molar-refractivity contribution >= 4 is 23.5 Å². The fraction of sp³-hybridized carbons (Fsp3) is 0.0714. The number of anilines is 1. The molecular formula is C14H13ClN2. The van der Waals surface area contributed by atoms with Gasteiger partial charge in [0.2, 0.25) is 0 Å². The molecule has 0 fully saturated rings. The lowest BCUT2D eigenvalue weighted by molar-refractivity contribution is 1.11. The van der Waals surface area contributed by atoms with Crippen LogP contribution in [0.15, 0.2) is 54.2 Å². The molecule has 0 aliphatic carbocycles. The zero-order valence-electron chi connectivity index (χ0n) is 9.31. The molecule has 1 aromatic heterocycles. The predicted octanol–water partition coefficient (Wildman–Crippen LogP) is 3.90. The molecule has 0 amide bonds. The summed E-state index contributed by atoms with van der Waals surface area (Å²) >= 11 is 5.52. The lowest BCUT2D eigenvalue weighted by Gasteiger charge is -2.05. The van der Waals surface area contributed by atoms with Gasteiger partial charge in [-0.2, -0.15) is 0 Å². The summed E-state index contributed by atoms with van der Waals surface area (Å²) in [4.78, 5) is 4.20. The Morgan fingerprint density at radius 2 is 1.94 bits per heavy atom. The van der Waals surface area contributed by atoms with Crippen molar-refractivity contribution < 1.29 is 0 Å². The standard InChI is InChI=1S/C14H13ClN2/c15-9-8-12-4-6-13(7-5-12)11-17-14-3-1-2-10-16-14/h1-10H,11H2,(H,16,17). The Kier molecular flexibility index (Phi) is 4.17. The maximum absolute atomic E-state index is 5.52. The average Bonchev–Trinajstić information content (AvgIpc) is 2.40. The summed E-state index contributed by atoms with van der Waals surface area (Å²) in [7, 11) is 0. The molecule has 86 valence electrons. The number of pyridine rings is 1. The van der Waals surface area contributed by atoms with E-state index in [4.69, 9.17) is 11.6 Å². The van der Waals surface area contributed by atoms with Gasteiger partial charge < -0.3 is 5.32 Å². The first kappa shape index (κ1) is 11.7. The SMILES string of the molecule is ClC=Cc1ccc(CNc2ccccn2)cc1. The van der Waals surface area contributed by atoms with E-state index in [1.54, 1.807) is 6.20 Å². The fourth-order valence-electron chi connectivity index (χ4n) is 1.48. The van der Waals surface area contributed by atoms with E-state index in [-0.39, 0.29) is 0 Å². The minimum Gasteiger partial charge on any atom is -0.366 e. The zero-order valence-corrected chi connectivity index (χ0v) is 10.1. The van der Waals surface area contributed by atoms with Crippen molar-refractivity contribution in [3.05, 3.63) is 65.3 Å². The zero-order chi connectivity index (χ0) is 11.9. The van der Waals surface area contributed by atoms with Crippen LogP contribution >= 0.6 is 11.6 Å². The van der Waals surface area contributed by atoms with Crippen molar-refractivity contribution in [1.82, 2.24) is 4.98 Å². The highest BCUT2D eigenvalue weighted by Crippen LogP contribution is 2.09. The smallest absolute Gasteiger partial charge is 0.126 e. The number of aromatic nitrogens is 1. The average molecular weight is 245 g/mol. The van der Waals surface area contributed by atoms with Crippen LogP contribution in [0, 0.1) is 0 Å². The molecule has 0 unspecified atom stereocenters. The molecule has 0 aliphatic heterocycles. The summed E-state index contributed by atoms with van der Waals surface area (Å²) < 4.78 is 0. The Hall–Kier alpha value is -1.80. The van der Waals surface area contributed by atoms with E-state index in [0.29, 0.717) is 0 Å². The van der Waals surface area contributed by atoms with E-state index in [1.165, 1.54) is 11.1 Å². The molecule has 1 aromatic carbocycles. The fourth-order valence-corrected chi connectivity index (χ4v) is 1.62. The molecule has 0 spiro atoms. The van der Waals surface area contributed by atoms with Gasteiger partial charge in [0.15, 0.2) is 0 Å². The molecule has 2 aromatic rings. The number of benzene rings is 1. The van der Waals surface area contributed by atoms with Crippen molar-refractivity contribution in [1.29, 1.82) is 0 Å². The first-order valence-electron chi connectivity index (χ1n) is 5.39. The second-order valence-electron chi connectivity index (χ2n) is 3.60. The molecule has 0 saturated heterocycles. The molecule has 0 aliphatic rings. The lowest BCUT2D eigenvalue weighted by atomic mass is 10.1. The van der Waals surface area contributed by atoms with Crippen molar-refractivity contribution in [3.8, 4) is 0 Å². The number of nitrogens with one attached hydrogen (secondary N) is 1. The van der Waals surface area contributed by atoms with Crippen LogP contribution < -0.4 is 5.32 Å². The van der Waals surface area contributed by atoms with Gasteiger partial charge in [-0.15, -0.1) is 0 Å². The molecule has 17 heavy (non-hydrogen) atoms. The monoisotopic (exact) mass is 244 g/mol. The molecule has 1 N–H and O–H groups in total. The van der Waals surface area contributed by atoms with Crippen LogP contribution in [0.2, 0.25) is 0 Å². The molecule has 0 radical (unpaired) electrons. The molecule has 0 saturated carbocycles. The summed E-state index contributed by atoms with van der Waals surface area (Å²) in [5.74, 6) is 0.886. The van der Waals surface area contributed by atoms with Gasteiger partial charge in [0.1, 0.15) is 5.82 Å². The second-order valence-corrected chi connectivity index (χ2v) is 3.85. The minimum atomic E-state index is 0.766. The molecule has 2 rings (SSSR count). The van der Waals surface area contributed by atoms with E-state index in [9.17, 15) is 0 Å². The minimum absolute atomic E-state index is 0.766. The first-order chi connectivity index (χ1) is 8.38. The maximum Gasteiger partial charge on any atom is 0.126 e. The summed E-state index contributed by atoms with van der Waals surface area (Å²) in [5.41, 5.74) is 3.82. The maximum atomic E-state index is 5.52. The van der Waals surface area contributed by atoms with Gasteiger partial charge in [-0.05, 0) is 29.3 Å². The van der Waals surface area contributed by atoms with Crippen LogP contribution in [-0.4, -0.2) is 4.98 Å². The summed E-state index contributed by atoms with van der Waals surface area (Å²) in [5, 5.41) is 3.26. The van der Waals surface area contributed by atoms with Crippen molar-refractivity contribution in [3.63, 3.8) is 0 Å². The van der Waals surface area contributed by atoms with Crippen LogP contribution in [0.5, 0.6) is 0 Å². The highest BCUT2D eigenvalue weighted by atomic mass is 35.5. The van der Waals surface area contributed by atoms with Crippen LogP contribution in [0.4, 0.5) is 5.82 Å². The van der Waals surface area contributed by atoms with E-state index in [1.807, 2.05) is 36.4 Å². The summed E-state index contributed by atoms with van der Waals surface area (Å²) in [6, 6.07) is 14.0. The molecule has 0 atom stereocenters. The van der Waals surface area contributed by atoms with E-state index in [2.05, 4.69) is 22.4 Å². The van der Waals surface area contributed by atoms with E-state index < -0.39 is 0 Å². The van der Waals surface area contributed by atoms with E-state index in [0.717, 1.165) is 17.9 Å². The van der Waals surface area contributed by atoms with Gasteiger partial charge in [-0.3, -0.25) is 0 Å². The Balaban J connectivity index is 1.95. The highest BCUT2D eigenvalue weighted by Gasteiger charge is 1.94. The number of halogens is 1. The molecule has 2 nitrogen and oxygen atoms in total. The second kappa shape index (κ2) is 6.06. The van der Waals surface area contributed by atoms with Gasteiger partial charge in [-0.1, -0.05) is 41.9 Å². The molecule has 1 heterocycles. The van der Waals surface area contributed by atoms with Gasteiger partial charge >= 0.3 is 0 Å². The predicted molar refractivity (Wildman–Crippen MR) is 72.9 cm³/mol. The van der Waals surface area contributed by atoms with Crippen LogP contribution in [0.25, 0.3) is 6.08 Å². The van der Waals surface area contributed by atoms with Gasteiger partial charge in [0.25, 0.3) is 0 Å². The van der Waals surface area contributed by atoms with Crippen molar-refractivity contribution in [2.45, 2.75) is 6.54 Å². The third-order valence-corrected chi connectivity index (χ3v) is 2.50. The normalized spacial score (nSPS) is 10.6. The highest BCUT2D eigenvalue weighted by molar-refractivity contribution is 6.27. The number of nitrogens with zero attached hydrogens (tertiary/aromatic N) is 1. The van der Waals surface area contributed by atoms with Crippen LogP contribution in [0.3, 0.4) is 0 Å². The van der Waals surface area contributed by atoms with Crippen LogP contribution in [-0.2, 0) is 6.54 Å². The van der Waals surface area contributed by atoms with Crippen molar-refractivity contribution in [2.24, 2.45) is 0 Å². The van der Waals surface area contributed by atoms with E-state index >= 15 is 0 Å². The molecule has 0 bridgehead atoms. The van der Waals surface area contributed by atoms with Gasteiger partial charge in [0, 0.05) is 18.3 Å². The third-order valence-electron chi connectivity index (χ3n) is 2.37. The summed E-state index contributed by atoms with van der Waals surface area (Å²) in [6.07, 6.45) is 3.63. The Bertz CT molecular complexity index is 477. The number of hydrogen-bond acceptors (Lipinski definition) is 2. The quantitative estimate of drug-likeness (QED) is 0.882. The lowest BCUT2D eigenvalue weighted by Crippen LogP contribution is -2.00. The molecular weight excluding hydrogens is 232 g/mol. The van der Waals surface area contributed by atoms with Crippen molar-refractivity contribution in [2.75, 3.05) is 5.32 Å². The van der Waals surface area contributed by atoms with Gasteiger partial charge in [0.05, 0.1) is 0 Å².